The van der Waals surface area contributed by atoms with Crippen LogP contribution >= 0.6 is 0 Å². The number of hydrogen-bond donors (Lipinski definition) is 1. The lowest BCUT2D eigenvalue weighted by Crippen LogP contribution is -2.39. The van der Waals surface area contributed by atoms with Gasteiger partial charge in [-0.3, -0.25) is 14.2 Å². The Morgan fingerprint density at radius 2 is 2.00 bits per heavy atom. The van der Waals surface area contributed by atoms with E-state index >= 15 is 0 Å². The van der Waals surface area contributed by atoms with Crippen molar-refractivity contribution in [2.75, 3.05) is 27.2 Å². The second-order valence-corrected chi connectivity index (χ2v) is 8.49. The predicted octanol–water partition coefficient (Wildman–Crippen LogP) is 3.91. The minimum atomic E-state index is -2.86. The fraction of sp³-hybridized carbons (Fsp3) is 0.320. The molecule has 0 bridgehead atoms. The number of fused-ring (bicyclic) bond motifs is 2. The molecular formula is C25H24F2N4O4. The van der Waals surface area contributed by atoms with Gasteiger partial charge in [0.15, 0.2) is 5.75 Å². The normalized spacial score (nSPS) is 16.2. The minimum absolute atomic E-state index is 0.0142. The number of ether oxygens (including phenoxy) is 2. The van der Waals surface area contributed by atoms with Crippen LogP contribution < -0.4 is 15.0 Å². The minimum Gasteiger partial charge on any atom is -0.491 e. The van der Waals surface area contributed by atoms with E-state index in [1.807, 2.05) is 0 Å². The van der Waals surface area contributed by atoms with Gasteiger partial charge in [-0.15, -0.1) is 0 Å². The number of rotatable bonds is 4. The van der Waals surface area contributed by atoms with E-state index < -0.39 is 30.5 Å². The SMILES string of the molecule is [2H]C([2H])([2H])Oc1cc2c(=O)n(-c3ccc(F)c4[nH]c(C)cc34)cc(C(=O)N3CCC(F)CC3)c2nc1OC. The summed E-state index contributed by atoms with van der Waals surface area (Å²) in [7, 11) is -1.61. The maximum atomic E-state index is 14.5. The van der Waals surface area contributed by atoms with Crippen molar-refractivity contribution in [3.05, 3.63) is 57.9 Å². The Balaban J connectivity index is 1.80. The zero-order valence-electron chi connectivity index (χ0n) is 22.0. The summed E-state index contributed by atoms with van der Waals surface area (Å²) in [5, 5.41) is 0.294. The number of carbonyl (C=O) groups is 1. The van der Waals surface area contributed by atoms with Crippen molar-refractivity contribution in [3.8, 4) is 17.3 Å². The molecule has 35 heavy (non-hydrogen) atoms. The molecule has 5 rings (SSSR count). The molecule has 0 radical (unpaired) electrons. The van der Waals surface area contributed by atoms with Crippen molar-refractivity contribution in [1.82, 2.24) is 19.4 Å². The lowest BCUT2D eigenvalue weighted by molar-refractivity contribution is 0.0668. The first-order valence-electron chi connectivity index (χ1n) is 12.5. The van der Waals surface area contributed by atoms with E-state index in [0.717, 1.165) is 0 Å². The molecule has 1 aliphatic heterocycles. The fourth-order valence-corrected chi connectivity index (χ4v) is 4.52. The maximum Gasteiger partial charge on any atom is 0.264 e. The highest BCUT2D eigenvalue weighted by molar-refractivity contribution is 6.06. The van der Waals surface area contributed by atoms with E-state index in [1.165, 1.54) is 41.0 Å². The van der Waals surface area contributed by atoms with Crippen molar-refractivity contribution >= 4 is 27.7 Å². The van der Waals surface area contributed by atoms with Gasteiger partial charge >= 0.3 is 0 Å². The van der Waals surface area contributed by atoms with Gasteiger partial charge in [-0.05, 0) is 38.0 Å². The highest BCUT2D eigenvalue weighted by Gasteiger charge is 2.27. The number of H-pyrrole nitrogens is 1. The first-order chi connectivity index (χ1) is 18.0. The van der Waals surface area contributed by atoms with Crippen molar-refractivity contribution in [2.45, 2.75) is 25.9 Å². The largest absolute Gasteiger partial charge is 0.491 e. The second-order valence-electron chi connectivity index (χ2n) is 8.49. The van der Waals surface area contributed by atoms with Crippen LogP contribution in [0.25, 0.3) is 27.5 Å². The number of aryl methyl sites for hydroxylation is 1. The van der Waals surface area contributed by atoms with E-state index in [9.17, 15) is 18.4 Å². The molecule has 1 aliphatic rings. The van der Waals surface area contributed by atoms with Gasteiger partial charge < -0.3 is 19.4 Å². The summed E-state index contributed by atoms with van der Waals surface area (Å²) in [6.07, 6.45) is 0.669. The van der Waals surface area contributed by atoms with Gasteiger partial charge in [0.1, 0.15) is 12.0 Å². The van der Waals surface area contributed by atoms with Crippen molar-refractivity contribution in [2.24, 2.45) is 0 Å². The number of likely N-dealkylation sites (tertiary alicyclic amines) is 1. The molecule has 10 heteroatoms. The Bertz CT molecular complexity index is 1630. The molecular weight excluding hydrogens is 458 g/mol. The van der Waals surface area contributed by atoms with Crippen molar-refractivity contribution in [1.29, 1.82) is 0 Å². The quantitative estimate of drug-likeness (QED) is 0.474. The van der Waals surface area contributed by atoms with Crippen LogP contribution in [0, 0.1) is 12.7 Å². The summed E-state index contributed by atoms with van der Waals surface area (Å²) in [5.74, 6) is -1.55. The molecule has 0 spiro atoms. The molecule has 0 atom stereocenters. The lowest BCUT2D eigenvalue weighted by atomic mass is 10.1. The summed E-state index contributed by atoms with van der Waals surface area (Å²) in [5.41, 5.74) is 0.478. The molecule has 4 heterocycles. The predicted molar refractivity (Wildman–Crippen MR) is 127 cm³/mol. The number of pyridine rings is 2. The number of amides is 1. The summed E-state index contributed by atoms with van der Waals surface area (Å²) in [6, 6.07) is 5.46. The number of aromatic amines is 1. The number of hydrogen-bond acceptors (Lipinski definition) is 5. The number of aromatic nitrogens is 3. The molecule has 1 saturated heterocycles. The van der Waals surface area contributed by atoms with E-state index in [-0.39, 0.29) is 59.5 Å². The number of nitrogens with zero attached hydrogens (tertiary/aromatic N) is 3. The van der Waals surface area contributed by atoms with Crippen LogP contribution in [0.15, 0.2) is 35.3 Å². The zero-order valence-corrected chi connectivity index (χ0v) is 19.0. The van der Waals surface area contributed by atoms with Crippen molar-refractivity contribution < 1.29 is 27.2 Å². The fourth-order valence-electron chi connectivity index (χ4n) is 4.52. The Hall–Kier alpha value is -3.95. The third kappa shape index (κ3) is 3.78. The Morgan fingerprint density at radius 3 is 2.71 bits per heavy atom. The number of nitrogens with one attached hydrogen (secondary N) is 1. The van der Waals surface area contributed by atoms with Gasteiger partial charge in [0.2, 0.25) is 0 Å². The Labute approximate surface area is 203 Å². The van der Waals surface area contributed by atoms with Crippen LogP contribution in [0.5, 0.6) is 11.6 Å². The van der Waals surface area contributed by atoms with Crippen LogP contribution in [0.1, 0.15) is 33.0 Å². The molecule has 0 unspecified atom stereocenters. The van der Waals surface area contributed by atoms with Gasteiger partial charge in [0.05, 0.1) is 45.9 Å². The summed E-state index contributed by atoms with van der Waals surface area (Å²) >= 11 is 0. The number of benzene rings is 1. The van der Waals surface area contributed by atoms with Gasteiger partial charge in [-0.25, -0.2) is 13.8 Å². The van der Waals surface area contributed by atoms with E-state index in [2.05, 4.69) is 9.97 Å². The van der Waals surface area contributed by atoms with Gasteiger partial charge in [0.25, 0.3) is 17.3 Å². The van der Waals surface area contributed by atoms with Gasteiger partial charge in [-0.2, -0.15) is 0 Å². The Morgan fingerprint density at radius 1 is 1.23 bits per heavy atom. The molecule has 1 N–H and O–H groups in total. The molecule has 3 aromatic heterocycles. The van der Waals surface area contributed by atoms with E-state index in [4.69, 9.17) is 13.6 Å². The van der Waals surface area contributed by atoms with Crippen LogP contribution in [0.3, 0.4) is 0 Å². The summed E-state index contributed by atoms with van der Waals surface area (Å²) in [4.78, 5) is 36.1. The molecule has 4 aromatic rings. The zero-order chi connectivity index (χ0) is 27.4. The highest BCUT2D eigenvalue weighted by atomic mass is 19.1. The molecule has 0 aliphatic carbocycles. The smallest absolute Gasteiger partial charge is 0.264 e. The first-order valence-corrected chi connectivity index (χ1v) is 11.0. The molecule has 1 aromatic carbocycles. The number of piperidine rings is 1. The summed E-state index contributed by atoms with van der Waals surface area (Å²) < 4.78 is 62.1. The van der Waals surface area contributed by atoms with Crippen LogP contribution in [-0.4, -0.2) is 58.8 Å². The van der Waals surface area contributed by atoms with Gasteiger partial charge in [0, 0.05) is 36.4 Å². The van der Waals surface area contributed by atoms with Crippen LogP contribution in [0.4, 0.5) is 8.78 Å². The monoisotopic (exact) mass is 485 g/mol. The lowest BCUT2D eigenvalue weighted by Gasteiger charge is -2.29. The van der Waals surface area contributed by atoms with Gasteiger partial charge in [-0.1, -0.05) is 0 Å². The molecule has 182 valence electrons. The van der Waals surface area contributed by atoms with Crippen LogP contribution in [-0.2, 0) is 0 Å². The Kier molecular flexibility index (Phi) is 4.80. The van der Waals surface area contributed by atoms with E-state index in [1.54, 1.807) is 13.0 Å². The average molecular weight is 486 g/mol. The molecule has 0 saturated carbocycles. The molecule has 1 amide bonds. The van der Waals surface area contributed by atoms with Crippen LogP contribution in [0.2, 0.25) is 0 Å². The average Bonchev–Trinajstić information content (AvgIpc) is 3.26. The van der Waals surface area contributed by atoms with Crippen molar-refractivity contribution in [3.63, 3.8) is 0 Å². The standard InChI is InChI=1S/C25H24F2N4O4/c1-13-10-15-19(5-4-18(27)22(15)28-13)31-12-17(24(32)30-8-6-14(26)7-9-30)21-16(25(31)33)11-20(34-2)23(29-21)35-3/h4-5,10-12,14,28H,6-9H2,1-3H3/i2D3. The first kappa shape index (κ1) is 19.4. The number of methoxy groups -OCH3 is 2. The molecule has 8 nitrogen and oxygen atoms in total. The molecule has 1 fully saturated rings. The highest BCUT2D eigenvalue weighted by Crippen LogP contribution is 2.31. The second kappa shape index (κ2) is 8.68. The number of carbonyl (C=O) groups excluding carboxylic acids is 1. The number of alkyl halides is 1. The summed E-state index contributed by atoms with van der Waals surface area (Å²) in [6.45, 7) is 2.09. The maximum absolute atomic E-state index is 14.5. The third-order valence-corrected chi connectivity index (χ3v) is 6.28. The number of halogens is 2. The van der Waals surface area contributed by atoms with E-state index in [0.29, 0.717) is 16.8 Å². The third-order valence-electron chi connectivity index (χ3n) is 6.28. The topological polar surface area (TPSA) is 89.5 Å².